The molecule has 27 heavy (non-hydrogen) atoms. The number of fused-ring (bicyclic) bond motifs is 3. The van der Waals surface area contributed by atoms with Crippen LogP contribution < -0.4 is 10.2 Å². The molecule has 3 aromatic rings. The van der Waals surface area contributed by atoms with E-state index in [0.717, 1.165) is 35.9 Å². The average molecular weight is 365 g/mol. The van der Waals surface area contributed by atoms with E-state index in [1.54, 1.807) is 17.0 Å². The van der Waals surface area contributed by atoms with Crippen LogP contribution in [0, 0.1) is 0 Å². The molecule has 6 heteroatoms. The Morgan fingerprint density at radius 3 is 2.93 bits per heavy atom. The Hall–Kier alpha value is -2.60. The third kappa shape index (κ3) is 3.14. The minimum atomic E-state index is -0.240. The predicted molar refractivity (Wildman–Crippen MR) is 103 cm³/mol. The topological polar surface area (TPSA) is 64.5 Å². The van der Waals surface area contributed by atoms with Gasteiger partial charge in [-0.3, -0.25) is 4.79 Å². The lowest BCUT2D eigenvalue weighted by atomic mass is 9.94. The van der Waals surface area contributed by atoms with E-state index >= 15 is 0 Å². The summed E-state index contributed by atoms with van der Waals surface area (Å²) in [7, 11) is 0. The fourth-order valence-corrected chi connectivity index (χ4v) is 4.65. The molecule has 1 fully saturated rings. The smallest absolute Gasteiger partial charge is 0.291 e. The number of quaternary nitrogens is 1. The molecule has 1 amide bonds. The normalized spacial score (nSPS) is 20.5. The van der Waals surface area contributed by atoms with Crippen molar-refractivity contribution in [2.45, 2.75) is 51.2 Å². The lowest BCUT2D eigenvalue weighted by Crippen LogP contribution is -3.15. The third-order valence-electron chi connectivity index (χ3n) is 6.05. The molecule has 1 saturated carbocycles. The van der Waals surface area contributed by atoms with E-state index in [1.807, 2.05) is 12.1 Å². The van der Waals surface area contributed by atoms with E-state index in [-0.39, 0.29) is 5.91 Å². The van der Waals surface area contributed by atoms with E-state index in [1.165, 1.54) is 50.7 Å². The summed E-state index contributed by atoms with van der Waals surface area (Å²) in [6, 6.07) is 10.1. The Morgan fingerprint density at radius 1 is 1.22 bits per heavy atom. The molecule has 0 saturated heterocycles. The fraction of sp³-hybridized carbons (Fsp3) is 0.429. The molecule has 3 heterocycles. The van der Waals surface area contributed by atoms with Crippen LogP contribution in [0.15, 0.2) is 41.0 Å². The second-order valence-electron chi connectivity index (χ2n) is 7.73. The Balaban J connectivity index is 1.37. The lowest BCUT2D eigenvalue weighted by Gasteiger charge is -2.34. The van der Waals surface area contributed by atoms with Crippen molar-refractivity contribution in [1.29, 1.82) is 0 Å². The number of carbonyl (C=O) groups excluding carboxylic acids is 1. The molecule has 1 aromatic carbocycles. The summed E-state index contributed by atoms with van der Waals surface area (Å²) in [5.41, 5.74) is 2.85. The Morgan fingerprint density at radius 2 is 2.11 bits per heavy atom. The summed E-state index contributed by atoms with van der Waals surface area (Å²) in [6.07, 6.45) is 8.38. The van der Waals surface area contributed by atoms with E-state index in [0.29, 0.717) is 5.76 Å². The highest BCUT2D eigenvalue weighted by molar-refractivity contribution is 6.03. The minimum absolute atomic E-state index is 0.240. The van der Waals surface area contributed by atoms with Gasteiger partial charge in [0, 0.05) is 5.69 Å². The molecule has 1 aliphatic carbocycles. The summed E-state index contributed by atoms with van der Waals surface area (Å²) in [6.45, 7) is 3.21. The zero-order valence-corrected chi connectivity index (χ0v) is 15.4. The van der Waals surface area contributed by atoms with Crippen LogP contribution in [-0.2, 0) is 13.1 Å². The van der Waals surface area contributed by atoms with E-state index in [4.69, 9.17) is 9.40 Å². The quantitative estimate of drug-likeness (QED) is 0.750. The van der Waals surface area contributed by atoms with Gasteiger partial charge in [-0.05, 0) is 56.0 Å². The molecule has 6 nitrogen and oxygen atoms in total. The number of amides is 1. The molecule has 1 unspecified atom stereocenters. The van der Waals surface area contributed by atoms with Gasteiger partial charge < -0.3 is 19.2 Å². The second-order valence-corrected chi connectivity index (χ2v) is 7.73. The van der Waals surface area contributed by atoms with Gasteiger partial charge in [0.05, 0.1) is 36.4 Å². The summed E-state index contributed by atoms with van der Waals surface area (Å²) in [5.74, 6) is 1.24. The number of nitrogens with one attached hydrogen (secondary N) is 2. The Kier molecular flexibility index (Phi) is 4.20. The maximum absolute atomic E-state index is 12.2. The summed E-state index contributed by atoms with van der Waals surface area (Å²) in [5, 5.41) is 2.89. The zero-order valence-electron chi connectivity index (χ0n) is 15.4. The van der Waals surface area contributed by atoms with Crippen LogP contribution in [0.2, 0.25) is 0 Å². The van der Waals surface area contributed by atoms with Crippen molar-refractivity contribution in [3.05, 3.63) is 48.2 Å². The molecular formula is C21H25N4O2+. The highest BCUT2D eigenvalue weighted by Crippen LogP contribution is 2.23. The van der Waals surface area contributed by atoms with Gasteiger partial charge >= 0.3 is 0 Å². The molecule has 0 spiro atoms. The predicted octanol–water partition coefficient (Wildman–Crippen LogP) is 2.61. The SMILES string of the molecule is O=C(Nc1ccc2c(c1)nc1n2CC[NH+](C2CCCCC2)C1)c1ccco1. The molecule has 2 aliphatic rings. The van der Waals surface area contributed by atoms with Gasteiger partial charge in [0.2, 0.25) is 0 Å². The van der Waals surface area contributed by atoms with Crippen molar-refractivity contribution in [2.75, 3.05) is 11.9 Å². The number of nitrogens with zero attached hydrogens (tertiary/aromatic N) is 2. The van der Waals surface area contributed by atoms with Crippen molar-refractivity contribution >= 4 is 22.6 Å². The first-order valence-electron chi connectivity index (χ1n) is 9.96. The largest absolute Gasteiger partial charge is 0.459 e. The van der Waals surface area contributed by atoms with Gasteiger partial charge in [0.25, 0.3) is 5.91 Å². The zero-order chi connectivity index (χ0) is 18.2. The average Bonchev–Trinajstić information content (AvgIpc) is 3.35. The highest BCUT2D eigenvalue weighted by Gasteiger charge is 2.30. The number of anilines is 1. The molecule has 0 radical (unpaired) electrons. The van der Waals surface area contributed by atoms with Gasteiger partial charge in [0.15, 0.2) is 11.6 Å². The number of rotatable bonds is 3. The van der Waals surface area contributed by atoms with Crippen LogP contribution in [-0.4, -0.2) is 28.0 Å². The summed E-state index contributed by atoms with van der Waals surface area (Å²) >= 11 is 0. The molecule has 2 aromatic heterocycles. The fourth-order valence-electron chi connectivity index (χ4n) is 4.65. The molecule has 0 bridgehead atoms. The van der Waals surface area contributed by atoms with Gasteiger partial charge in [0.1, 0.15) is 6.54 Å². The van der Waals surface area contributed by atoms with Gasteiger partial charge in [-0.2, -0.15) is 0 Å². The van der Waals surface area contributed by atoms with Crippen molar-refractivity contribution in [3.8, 4) is 0 Å². The van der Waals surface area contributed by atoms with Crippen LogP contribution in [0.3, 0.4) is 0 Å². The molecular weight excluding hydrogens is 340 g/mol. The number of imidazole rings is 1. The molecule has 1 atom stereocenters. The van der Waals surface area contributed by atoms with E-state index in [9.17, 15) is 4.79 Å². The molecule has 5 rings (SSSR count). The maximum Gasteiger partial charge on any atom is 0.291 e. The molecule has 140 valence electrons. The first kappa shape index (κ1) is 16.6. The minimum Gasteiger partial charge on any atom is -0.459 e. The Labute approximate surface area is 158 Å². The van der Waals surface area contributed by atoms with Crippen molar-refractivity contribution in [2.24, 2.45) is 0 Å². The van der Waals surface area contributed by atoms with E-state index in [2.05, 4.69) is 16.0 Å². The van der Waals surface area contributed by atoms with Crippen LogP contribution in [0.4, 0.5) is 5.69 Å². The van der Waals surface area contributed by atoms with Gasteiger partial charge in [-0.15, -0.1) is 0 Å². The van der Waals surface area contributed by atoms with Crippen LogP contribution in [0.25, 0.3) is 11.0 Å². The van der Waals surface area contributed by atoms with Crippen LogP contribution >= 0.6 is 0 Å². The number of hydrogen-bond donors (Lipinski definition) is 2. The van der Waals surface area contributed by atoms with Crippen LogP contribution in [0.5, 0.6) is 0 Å². The number of hydrogen-bond acceptors (Lipinski definition) is 3. The van der Waals surface area contributed by atoms with Crippen molar-refractivity contribution in [1.82, 2.24) is 9.55 Å². The summed E-state index contributed by atoms with van der Waals surface area (Å²) < 4.78 is 7.50. The first-order valence-corrected chi connectivity index (χ1v) is 9.96. The van der Waals surface area contributed by atoms with Crippen molar-refractivity contribution in [3.63, 3.8) is 0 Å². The van der Waals surface area contributed by atoms with Gasteiger partial charge in [-0.25, -0.2) is 4.98 Å². The van der Waals surface area contributed by atoms with E-state index < -0.39 is 0 Å². The standard InChI is InChI=1S/C21H24N4O2/c26-21(19-7-4-12-27-19)22-15-8-9-18-17(13-15)23-20-14-24(10-11-25(18)20)16-5-2-1-3-6-16/h4,7-9,12-13,16H,1-3,5-6,10-11,14H2,(H,22,26)/p+1. The monoisotopic (exact) mass is 365 g/mol. The Bertz CT molecular complexity index is 954. The number of carbonyl (C=O) groups is 1. The molecule has 1 aliphatic heterocycles. The summed E-state index contributed by atoms with van der Waals surface area (Å²) in [4.78, 5) is 18.8. The maximum atomic E-state index is 12.2. The van der Waals surface area contributed by atoms with Gasteiger partial charge in [-0.1, -0.05) is 6.42 Å². The van der Waals surface area contributed by atoms with Crippen LogP contribution in [0.1, 0.15) is 48.5 Å². The second kappa shape index (κ2) is 6.85. The number of furan rings is 1. The van der Waals surface area contributed by atoms with Crippen molar-refractivity contribution < 1.29 is 14.1 Å². The third-order valence-corrected chi connectivity index (χ3v) is 6.05. The first-order chi connectivity index (χ1) is 13.3. The lowest BCUT2D eigenvalue weighted by molar-refractivity contribution is -0.944. The molecule has 2 N–H and O–H groups in total. The highest BCUT2D eigenvalue weighted by atomic mass is 16.3. The number of benzene rings is 1. The number of aromatic nitrogens is 2.